The van der Waals surface area contributed by atoms with E-state index in [0.717, 1.165) is 18.3 Å². The summed E-state index contributed by atoms with van der Waals surface area (Å²) in [6, 6.07) is 9.43. The molecule has 1 saturated carbocycles. The van der Waals surface area contributed by atoms with Gasteiger partial charge in [0.05, 0.1) is 6.04 Å². The quantitative estimate of drug-likeness (QED) is 0.346. The van der Waals surface area contributed by atoms with Gasteiger partial charge in [0.2, 0.25) is 5.43 Å². The number of hydrogen-bond acceptors (Lipinski definition) is 4. The molecule has 1 saturated heterocycles. The van der Waals surface area contributed by atoms with Crippen molar-refractivity contribution in [2.45, 2.75) is 50.5 Å². The number of alkyl halides is 2. The highest BCUT2D eigenvalue weighted by molar-refractivity contribution is 6.30. The van der Waals surface area contributed by atoms with Crippen molar-refractivity contribution in [2.75, 3.05) is 0 Å². The first-order valence-electron chi connectivity index (χ1n) is 12.6. The number of benzene rings is 2. The van der Waals surface area contributed by atoms with Crippen molar-refractivity contribution < 1.29 is 31.9 Å². The fourth-order valence-electron chi connectivity index (χ4n) is 5.99. The maximum absolute atomic E-state index is 14.6. The average molecular weight is 576 g/mol. The lowest BCUT2D eigenvalue weighted by molar-refractivity contribution is -0.0887. The Kier molecular flexibility index (Phi) is 6.36. The molecule has 1 aromatic heterocycles. The maximum atomic E-state index is 14.6. The highest BCUT2D eigenvalue weighted by Gasteiger charge is 2.63. The molecule has 208 valence electrons. The number of amides is 2. The van der Waals surface area contributed by atoms with Crippen LogP contribution in [0.4, 0.5) is 17.6 Å². The molecule has 6 rings (SSSR count). The van der Waals surface area contributed by atoms with Gasteiger partial charge in [-0.2, -0.15) is 0 Å². The van der Waals surface area contributed by atoms with Crippen LogP contribution in [0.1, 0.15) is 44.8 Å². The van der Waals surface area contributed by atoms with E-state index in [9.17, 15) is 31.9 Å². The zero-order valence-corrected chi connectivity index (χ0v) is 21.6. The summed E-state index contributed by atoms with van der Waals surface area (Å²) in [5, 5.41) is 1.67. The van der Waals surface area contributed by atoms with Crippen LogP contribution in [-0.4, -0.2) is 39.3 Å². The van der Waals surface area contributed by atoms with E-state index in [-0.39, 0.29) is 36.6 Å². The van der Waals surface area contributed by atoms with E-state index in [1.807, 2.05) is 0 Å². The van der Waals surface area contributed by atoms with Crippen LogP contribution in [0.3, 0.4) is 0 Å². The molecule has 1 N–H and O–H groups in total. The Morgan fingerprint density at radius 1 is 1.12 bits per heavy atom. The van der Waals surface area contributed by atoms with Crippen LogP contribution in [0.25, 0.3) is 0 Å². The number of carbonyl (C=O) groups excluding carboxylic acids is 2. The van der Waals surface area contributed by atoms with Crippen molar-refractivity contribution in [3.05, 3.63) is 97.9 Å². The van der Waals surface area contributed by atoms with Gasteiger partial charge < -0.3 is 19.5 Å². The number of hydrogen-bond donors (Lipinski definition) is 1. The van der Waals surface area contributed by atoms with E-state index in [0.29, 0.717) is 5.56 Å². The summed E-state index contributed by atoms with van der Waals surface area (Å²) >= 11 is 5.61. The Balaban J connectivity index is 1.36. The molecule has 1 aliphatic carbocycles. The second-order valence-corrected chi connectivity index (χ2v) is 10.6. The Bertz CT molecular complexity index is 1600. The van der Waals surface area contributed by atoms with Gasteiger partial charge in [-0.15, -0.1) is 0 Å². The molecule has 2 bridgehead atoms. The van der Waals surface area contributed by atoms with Gasteiger partial charge in [0, 0.05) is 43.2 Å². The minimum atomic E-state index is -2.92. The van der Waals surface area contributed by atoms with Crippen molar-refractivity contribution in [3.63, 3.8) is 0 Å². The zero-order valence-electron chi connectivity index (χ0n) is 20.8. The van der Waals surface area contributed by atoms with Crippen LogP contribution >= 0.6 is 11.6 Å². The molecular weight excluding hydrogens is 554 g/mol. The van der Waals surface area contributed by atoms with E-state index in [1.54, 1.807) is 30.3 Å². The topological polar surface area (TPSA) is 80.6 Å². The third-order valence-electron chi connectivity index (χ3n) is 7.88. The summed E-state index contributed by atoms with van der Waals surface area (Å²) in [4.78, 5) is 41.7. The van der Waals surface area contributed by atoms with Crippen molar-refractivity contribution in [2.24, 2.45) is 5.92 Å². The number of halogens is 5. The van der Waals surface area contributed by atoms with E-state index >= 15 is 0 Å². The van der Waals surface area contributed by atoms with Crippen molar-refractivity contribution in [3.8, 4) is 5.75 Å². The van der Waals surface area contributed by atoms with Gasteiger partial charge >= 0.3 is 0 Å². The third-order valence-corrected chi connectivity index (χ3v) is 8.22. The lowest BCUT2D eigenvalue weighted by Gasteiger charge is -2.43. The highest BCUT2D eigenvalue weighted by Crippen LogP contribution is 2.53. The first-order valence-corrected chi connectivity index (χ1v) is 13.0. The minimum absolute atomic E-state index is 0.0533. The second-order valence-electron chi connectivity index (χ2n) is 10.2. The Labute approximate surface area is 230 Å². The normalized spacial score (nSPS) is 22.2. The molecule has 2 aromatic carbocycles. The van der Waals surface area contributed by atoms with Gasteiger partial charge in [-0.05, 0) is 18.1 Å². The summed E-state index contributed by atoms with van der Waals surface area (Å²) in [5.74, 6) is -7.87. The molecule has 0 radical (unpaired) electrons. The summed E-state index contributed by atoms with van der Waals surface area (Å²) in [6.07, 6.45) is 0.867. The molecule has 2 fully saturated rings. The predicted octanol–water partition coefficient (Wildman–Crippen LogP) is 4.54. The number of rotatable bonds is 6. The molecule has 3 aromatic rings. The van der Waals surface area contributed by atoms with Gasteiger partial charge in [0.1, 0.15) is 28.8 Å². The van der Waals surface area contributed by atoms with Gasteiger partial charge in [0.15, 0.2) is 11.4 Å². The monoisotopic (exact) mass is 575 g/mol. The number of nitrogens with one attached hydrogen (secondary N) is 1. The third kappa shape index (κ3) is 4.23. The molecule has 3 aliphatic rings. The summed E-state index contributed by atoms with van der Waals surface area (Å²) in [6.45, 7) is -0.562. The van der Waals surface area contributed by atoms with Crippen molar-refractivity contribution in [1.29, 1.82) is 0 Å². The van der Waals surface area contributed by atoms with Crippen LogP contribution in [0.5, 0.6) is 5.75 Å². The first kappa shape index (κ1) is 26.4. The minimum Gasteiger partial charge on any atom is -0.483 e. The second kappa shape index (κ2) is 9.65. The summed E-state index contributed by atoms with van der Waals surface area (Å²) < 4.78 is 64.1. The van der Waals surface area contributed by atoms with E-state index < -0.39 is 76.4 Å². The molecule has 1 unspecified atom stereocenters. The average Bonchev–Trinajstić information content (AvgIpc) is 3.45. The molecular formula is C28H22ClF4N3O4. The number of aromatic nitrogens is 1. The smallest absolute Gasteiger partial charge is 0.275 e. The van der Waals surface area contributed by atoms with Crippen LogP contribution in [-0.2, 0) is 19.7 Å². The van der Waals surface area contributed by atoms with Crippen LogP contribution in [0, 0.1) is 17.6 Å². The molecule has 3 atom stereocenters. The zero-order chi connectivity index (χ0) is 28.3. The lowest BCUT2D eigenvalue weighted by Crippen LogP contribution is -2.56. The number of nitrogens with zero attached hydrogens (tertiary/aromatic N) is 2. The van der Waals surface area contributed by atoms with Crippen LogP contribution in [0.15, 0.2) is 53.5 Å². The largest absolute Gasteiger partial charge is 0.483 e. The number of ether oxygens (including phenoxy) is 1. The number of carbonyl (C=O) groups is 2. The first-order chi connectivity index (χ1) is 19.1. The van der Waals surface area contributed by atoms with E-state index in [4.69, 9.17) is 16.3 Å². The van der Waals surface area contributed by atoms with E-state index in [2.05, 4.69) is 5.32 Å². The summed E-state index contributed by atoms with van der Waals surface area (Å²) in [7, 11) is 0. The molecule has 3 heterocycles. The Morgan fingerprint density at radius 3 is 2.62 bits per heavy atom. The van der Waals surface area contributed by atoms with Gasteiger partial charge in [-0.1, -0.05) is 48.0 Å². The van der Waals surface area contributed by atoms with Gasteiger partial charge in [-0.25, -0.2) is 17.6 Å². The highest BCUT2D eigenvalue weighted by atomic mass is 35.5. The molecule has 2 aliphatic heterocycles. The summed E-state index contributed by atoms with van der Waals surface area (Å²) in [5.41, 5.74) is -0.829. The predicted molar refractivity (Wildman–Crippen MR) is 135 cm³/mol. The molecule has 0 spiro atoms. The standard InChI is InChI=1S/C28H22ClF4N3O4/c29-21-19(30)7-6-15(22(21)31)10-34-26(38)17-11-35-12-20-18-8-16(9-28(18,32)33)36(20)27(39)23(35)25(24(17)37)40-13-14-4-2-1-3-5-14/h1-7,11,16,18,20H,8-10,12-13H2,(H,34,38)/t16-,18?,20+/m1/s1. The van der Waals surface area contributed by atoms with Crippen molar-refractivity contribution in [1.82, 2.24) is 14.8 Å². The molecule has 12 heteroatoms. The van der Waals surface area contributed by atoms with Crippen molar-refractivity contribution >= 4 is 23.4 Å². The van der Waals surface area contributed by atoms with Crippen LogP contribution < -0.4 is 15.5 Å². The Morgan fingerprint density at radius 2 is 1.88 bits per heavy atom. The SMILES string of the molecule is O=C(NCc1ccc(F)c(Cl)c1F)c1cn2c(c(OCc3ccccc3)c1=O)C(=O)N1[C@@H]3CC([C@@H]1C2)C(F)(F)C3. The lowest BCUT2D eigenvalue weighted by atomic mass is 9.92. The van der Waals surface area contributed by atoms with Gasteiger partial charge in [0.25, 0.3) is 17.7 Å². The molecule has 2 amide bonds. The number of piperidine rings is 1. The van der Waals surface area contributed by atoms with E-state index in [1.165, 1.54) is 9.47 Å². The van der Waals surface area contributed by atoms with Crippen LogP contribution in [0.2, 0.25) is 5.02 Å². The maximum Gasteiger partial charge on any atom is 0.275 e. The number of fused-ring (bicyclic) bond motifs is 6. The fourth-order valence-corrected chi connectivity index (χ4v) is 6.17. The Hall–Kier alpha value is -3.86. The number of pyridine rings is 1. The van der Waals surface area contributed by atoms with Gasteiger partial charge in [-0.3, -0.25) is 14.4 Å². The molecule has 40 heavy (non-hydrogen) atoms. The fraction of sp³-hybridized carbons (Fsp3) is 0.321. The molecule has 7 nitrogen and oxygen atoms in total.